The predicted molar refractivity (Wildman–Crippen MR) is 103 cm³/mol. The number of hydrogen-bond acceptors (Lipinski definition) is 4. The second-order valence-electron chi connectivity index (χ2n) is 5.72. The van der Waals surface area contributed by atoms with Gasteiger partial charge in [-0.1, -0.05) is 26.8 Å². The highest BCUT2D eigenvalue weighted by Crippen LogP contribution is 2.29. The van der Waals surface area contributed by atoms with Crippen molar-refractivity contribution < 1.29 is 9.84 Å². The second kappa shape index (κ2) is 8.15. The Bertz CT molecular complexity index is 759. The molecular weight excluding hydrogens is 318 g/mol. The van der Waals surface area contributed by atoms with Crippen molar-refractivity contribution in [2.75, 3.05) is 7.05 Å². The molecule has 128 valence electrons. The first-order valence-corrected chi connectivity index (χ1v) is 9.07. The number of aryl methyl sites for hydroxylation is 3. The van der Waals surface area contributed by atoms with Crippen molar-refractivity contribution in [1.82, 2.24) is 0 Å². The zero-order chi connectivity index (χ0) is 17.7. The van der Waals surface area contributed by atoms with Crippen LogP contribution in [0.3, 0.4) is 0 Å². The highest BCUT2D eigenvalue weighted by atomic mass is 32.1. The number of hydrogen-bond donors (Lipinski definition) is 1. The third-order valence-corrected chi connectivity index (χ3v) is 5.01. The number of phenolic OH excluding ortho intramolecular Hbond substituents is 1. The molecule has 0 aliphatic rings. The van der Waals surface area contributed by atoms with Gasteiger partial charge in [0.05, 0.1) is 4.88 Å². The van der Waals surface area contributed by atoms with E-state index in [1.165, 1.54) is 4.88 Å². The zero-order valence-electron chi connectivity index (χ0n) is 14.8. The van der Waals surface area contributed by atoms with E-state index in [1.54, 1.807) is 18.4 Å². The van der Waals surface area contributed by atoms with Crippen molar-refractivity contribution in [3.63, 3.8) is 0 Å². The molecule has 0 fully saturated rings. The summed E-state index contributed by atoms with van der Waals surface area (Å²) in [7, 11) is 1.72. The van der Waals surface area contributed by atoms with Gasteiger partial charge in [-0.05, 0) is 55.2 Å². The SMILES string of the molecule is C=C(OC(=NC)c1ccc(CCC)s1)c1cc(C)c(O)c(CC)c1. The van der Waals surface area contributed by atoms with Crippen LogP contribution in [0.5, 0.6) is 5.75 Å². The Balaban J connectivity index is 2.22. The van der Waals surface area contributed by atoms with Gasteiger partial charge in [-0.25, -0.2) is 0 Å². The molecule has 0 spiro atoms. The van der Waals surface area contributed by atoms with E-state index >= 15 is 0 Å². The van der Waals surface area contributed by atoms with Crippen LogP contribution in [0.15, 0.2) is 35.8 Å². The molecule has 4 heteroatoms. The normalized spacial score (nSPS) is 11.6. The van der Waals surface area contributed by atoms with Crippen molar-refractivity contribution in [2.45, 2.75) is 40.0 Å². The summed E-state index contributed by atoms with van der Waals surface area (Å²) in [6, 6.07) is 7.99. The van der Waals surface area contributed by atoms with Crippen molar-refractivity contribution in [3.8, 4) is 5.75 Å². The summed E-state index contributed by atoms with van der Waals surface area (Å²) in [5, 5.41) is 10.1. The molecule has 0 atom stereocenters. The van der Waals surface area contributed by atoms with Crippen LogP contribution in [-0.2, 0) is 17.6 Å². The van der Waals surface area contributed by atoms with E-state index in [0.29, 0.717) is 17.4 Å². The van der Waals surface area contributed by atoms with Crippen LogP contribution < -0.4 is 0 Å². The smallest absolute Gasteiger partial charge is 0.231 e. The summed E-state index contributed by atoms with van der Waals surface area (Å²) in [6.45, 7) is 10.1. The minimum absolute atomic E-state index is 0.348. The quantitative estimate of drug-likeness (QED) is 0.437. The second-order valence-corrected chi connectivity index (χ2v) is 6.89. The largest absolute Gasteiger partial charge is 0.507 e. The molecule has 0 saturated heterocycles. The lowest BCUT2D eigenvalue weighted by molar-refractivity contribution is 0.464. The van der Waals surface area contributed by atoms with E-state index in [2.05, 4.69) is 24.6 Å². The van der Waals surface area contributed by atoms with Crippen molar-refractivity contribution in [2.24, 2.45) is 4.99 Å². The summed E-state index contributed by atoms with van der Waals surface area (Å²) >= 11 is 1.70. The average molecular weight is 343 g/mol. The number of phenols is 1. The molecule has 0 bridgehead atoms. The van der Waals surface area contributed by atoms with Gasteiger partial charge >= 0.3 is 0 Å². The van der Waals surface area contributed by atoms with Gasteiger partial charge in [-0.3, -0.25) is 4.99 Å². The summed E-state index contributed by atoms with van der Waals surface area (Å²) in [5.41, 5.74) is 2.59. The first-order chi connectivity index (χ1) is 11.5. The number of aliphatic imine (C=N–C) groups is 1. The van der Waals surface area contributed by atoms with E-state index in [0.717, 1.165) is 40.8 Å². The molecule has 0 unspecified atom stereocenters. The Morgan fingerprint density at radius 3 is 2.67 bits per heavy atom. The fourth-order valence-electron chi connectivity index (χ4n) is 2.54. The van der Waals surface area contributed by atoms with Crippen LogP contribution in [0.2, 0.25) is 0 Å². The molecule has 2 aromatic rings. The van der Waals surface area contributed by atoms with Crippen LogP contribution in [-0.4, -0.2) is 18.1 Å². The van der Waals surface area contributed by atoms with Crippen LogP contribution in [0.1, 0.15) is 46.7 Å². The van der Waals surface area contributed by atoms with E-state index < -0.39 is 0 Å². The van der Waals surface area contributed by atoms with Gasteiger partial charge in [0, 0.05) is 17.5 Å². The Morgan fingerprint density at radius 1 is 1.29 bits per heavy atom. The first kappa shape index (κ1) is 18.3. The van der Waals surface area contributed by atoms with Gasteiger partial charge in [-0.2, -0.15) is 0 Å². The monoisotopic (exact) mass is 343 g/mol. The van der Waals surface area contributed by atoms with E-state index in [4.69, 9.17) is 4.74 Å². The molecule has 0 saturated carbocycles. The molecule has 2 rings (SSSR count). The van der Waals surface area contributed by atoms with Crippen LogP contribution in [0, 0.1) is 6.92 Å². The molecule has 0 amide bonds. The topological polar surface area (TPSA) is 41.8 Å². The molecule has 3 nitrogen and oxygen atoms in total. The molecule has 1 aromatic carbocycles. The minimum Gasteiger partial charge on any atom is -0.507 e. The Hall–Kier alpha value is -2.07. The Kier molecular flexibility index (Phi) is 6.21. The average Bonchev–Trinajstić information content (AvgIpc) is 3.03. The zero-order valence-corrected chi connectivity index (χ0v) is 15.7. The maximum absolute atomic E-state index is 10.1. The minimum atomic E-state index is 0.348. The summed E-state index contributed by atoms with van der Waals surface area (Å²) in [6.07, 6.45) is 2.95. The molecule has 0 aliphatic carbocycles. The van der Waals surface area contributed by atoms with Gasteiger partial charge in [-0.15, -0.1) is 11.3 Å². The fraction of sp³-hybridized carbons (Fsp3) is 0.350. The van der Waals surface area contributed by atoms with Gasteiger partial charge in [0.25, 0.3) is 0 Å². The van der Waals surface area contributed by atoms with Crippen LogP contribution in [0.4, 0.5) is 0 Å². The number of ether oxygens (including phenoxy) is 1. The summed E-state index contributed by atoms with van der Waals surface area (Å²) < 4.78 is 5.94. The predicted octanol–water partition coefficient (Wildman–Crippen LogP) is 5.34. The lowest BCUT2D eigenvalue weighted by Gasteiger charge is -2.13. The molecule has 0 aliphatic heterocycles. The molecule has 1 heterocycles. The fourth-order valence-corrected chi connectivity index (χ4v) is 3.62. The van der Waals surface area contributed by atoms with Crippen LogP contribution >= 0.6 is 11.3 Å². The number of thiophene rings is 1. The van der Waals surface area contributed by atoms with Gasteiger partial charge in [0.15, 0.2) is 0 Å². The summed E-state index contributed by atoms with van der Waals surface area (Å²) in [4.78, 5) is 6.61. The molecule has 1 aromatic heterocycles. The number of nitrogens with zero attached hydrogens (tertiary/aromatic N) is 1. The lowest BCUT2D eigenvalue weighted by Crippen LogP contribution is -2.04. The molecular formula is C20H25NO2S. The van der Waals surface area contributed by atoms with Crippen molar-refractivity contribution >= 4 is 23.0 Å². The van der Waals surface area contributed by atoms with Crippen molar-refractivity contribution in [1.29, 1.82) is 0 Å². The van der Waals surface area contributed by atoms with E-state index in [-0.39, 0.29) is 0 Å². The third-order valence-electron chi connectivity index (χ3n) is 3.87. The number of rotatable bonds is 6. The third kappa shape index (κ3) is 4.06. The maximum Gasteiger partial charge on any atom is 0.231 e. The maximum atomic E-state index is 10.1. The number of aromatic hydroxyl groups is 1. The van der Waals surface area contributed by atoms with Crippen molar-refractivity contribution in [3.05, 3.63) is 57.3 Å². The molecule has 1 N–H and O–H groups in total. The highest BCUT2D eigenvalue weighted by Gasteiger charge is 2.13. The molecule has 0 radical (unpaired) electrons. The first-order valence-electron chi connectivity index (χ1n) is 8.25. The molecule has 24 heavy (non-hydrogen) atoms. The summed E-state index contributed by atoms with van der Waals surface area (Å²) in [5.74, 6) is 1.47. The van der Waals surface area contributed by atoms with E-state index in [9.17, 15) is 5.11 Å². The Labute approximate surface area is 148 Å². The van der Waals surface area contributed by atoms with E-state index in [1.807, 2.05) is 32.0 Å². The Morgan fingerprint density at radius 2 is 2.04 bits per heavy atom. The standard InChI is InChI=1S/C20H25NO2S/c1-6-8-17-9-10-18(24-17)20(21-5)23-14(4)16-11-13(3)19(22)15(7-2)12-16/h9-12,22H,4,6-8H2,1-3,5H3. The van der Waals surface area contributed by atoms with Crippen LogP contribution in [0.25, 0.3) is 5.76 Å². The van der Waals surface area contributed by atoms with Gasteiger partial charge < -0.3 is 9.84 Å². The number of benzene rings is 1. The van der Waals surface area contributed by atoms with Gasteiger partial charge in [0.2, 0.25) is 5.90 Å². The van der Waals surface area contributed by atoms with Gasteiger partial charge in [0.1, 0.15) is 11.5 Å². The lowest BCUT2D eigenvalue weighted by atomic mass is 10.0. The highest BCUT2D eigenvalue weighted by molar-refractivity contribution is 7.14.